The van der Waals surface area contributed by atoms with Crippen molar-refractivity contribution in [3.05, 3.63) is 23.5 Å². The molecule has 0 unspecified atom stereocenters. The summed E-state index contributed by atoms with van der Waals surface area (Å²) in [4.78, 5) is 18.6. The number of fused-ring (bicyclic) bond motifs is 1. The number of thiazole rings is 1. The molecule has 6 heteroatoms. The molecule has 1 N–H and O–H groups in total. The molecule has 0 radical (unpaired) electrons. The quantitative estimate of drug-likeness (QED) is 0.901. The van der Waals surface area contributed by atoms with Gasteiger partial charge >= 0.3 is 5.97 Å². The van der Waals surface area contributed by atoms with E-state index in [1.807, 2.05) is 34.0 Å². The first-order valence-corrected chi connectivity index (χ1v) is 6.72. The van der Waals surface area contributed by atoms with Gasteiger partial charge in [0.1, 0.15) is 5.54 Å². The minimum atomic E-state index is -0.883. The zero-order chi connectivity index (χ0) is 13.3. The van der Waals surface area contributed by atoms with Crippen LogP contribution in [0, 0.1) is 0 Å². The van der Waals surface area contributed by atoms with E-state index in [9.17, 15) is 9.90 Å². The summed E-state index contributed by atoms with van der Waals surface area (Å²) in [6.07, 6.45) is 3.90. The highest BCUT2D eigenvalue weighted by Crippen LogP contribution is 2.19. The number of nitrogens with zero attached hydrogens (tertiary/aromatic N) is 3. The summed E-state index contributed by atoms with van der Waals surface area (Å²) in [5.74, 6) is -0.814. The van der Waals surface area contributed by atoms with Gasteiger partial charge in [0, 0.05) is 24.3 Å². The molecule has 0 amide bonds. The van der Waals surface area contributed by atoms with E-state index in [1.165, 1.54) is 0 Å². The molecule has 0 aromatic carbocycles. The van der Waals surface area contributed by atoms with E-state index in [4.69, 9.17) is 0 Å². The first kappa shape index (κ1) is 13.0. The van der Waals surface area contributed by atoms with Gasteiger partial charge in [0.25, 0.3) is 0 Å². The molecule has 18 heavy (non-hydrogen) atoms. The van der Waals surface area contributed by atoms with E-state index < -0.39 is 11.5 Å². The van der Waals surface area contributed by atoms with E-state index in [2.05, 4.69) is 4.98 Å². The number of carbonyl (C=O) groups is 1. The van der Waals surface area contributed by atoms with Crippen molar-refractivity contribution in [1.82, 2.24) is 14.3 Å². The predicted octanol–water partition coefficient (Wildman–Crippen LogP) is 2.08. The Labute approximate surface area is 110 Å². The summed E-state index contributed by atoms with van der Waals surface area (Å²) in [6, 6.07) is 0. The summed E-state index contributed by atoms with van der Waals surface area (Å²) in [5, 5.41) is 11.2. The molecule has 0 fully saturated rings. The molecule has 0 aliphatic rings. The predicted molar refractivity (Wildman–Crippen MR) is 70.9 cm³/mol. The van der Waals surface area contributed by atoms with E-state index in [0.29, 0.717) is 13.1 Å². The van der Waals surface area contributed by atoms with Crippen LogP contribution in [0.4, 0.5) is 0 Å². The van der Waals surface area contributed by atoms with Gasteiger partial charge in [0.05, 0.1) is 5.69 Å². The second-order valence-corrected chi connectivity index (χ2v) is 5.58. The third kappa shape index (κ3) is 2.26. The lowest BCUT2D eigenvalue weighted by molar-refractivity contribution is -0.149. The summed E-state index contributed by atoms with van der Waals surface area (Å²) in [7, 11) is 0. The molecular formula is C12H17N3O2S. The molecule has 0 bridgehead atoms. The Morgan fingerprint density at radius 3 is 2.89 bits per heavy atom. The molecule has 0 aliphatic heterocycles. The number of imidazole rings is 1. The first-order chi connectivity index (χ1) is 8.45. The third-order valence-corrected chi connectivity index (χ3v) is 3.96. The van der Waals surface area contributed by atoms with Gasteiger partial charge in [-0.1, -0.05) is 6.92 Å². The van der Waals surface area contributed by atoms with Crippen molar-refractivity contribution in [3.63, 3.8) is 0 Å². The SMILES string of the molecule is CCN(Cc1cn2ccsc2n1)C(C)(C)C(=O)O. The number of carboxylic acid groups (broad SMARTS) is 1. The van der Waals surface area contributed by atoms with Crippen LogP contribution < -0.4 is 0 Å². The van der Waals surface area contributed by atoms with Crippen molar-refractivity contribution >= 4 is 22.3 Å². The highest BCUT2D eigenvalue weighted by Gasteiger charge is 2.33. The maximum absolute atomic E-state index is 11.3. The molecule has 0 atom stereocenters. The lowest BCUT2D eigenvalue weighted by Gasteiger charge is -2.33. The Morgan fingerprint density at radius 2 is 2.33 bits per heavy atom. The average Bonchev–Trinajstić information content (AvgIpc) is 2.85. The van der Waals surface area contributed by atoms with Crippen molar-refractivity contribution in [1.29, 1.82) is 0 Å². The van der Waals surface area contributed by atoms with Crippen LogP contribution in [0.3, 0.4) is 0 Å². The van der Waals surface area contributed by atoms with Crippen LogP contribution in [0.25, 0.3) is 4.96 Å². The number of hydrogen-bond acceptors (Lipinski definition) is 4. The van der Waals surface area contributed by atoms with Gasteiger partial charge in [-0.2, -0.15) is 0 Å². The maximum Gasteiger partial charge on any atom is 0.323 e. The van der Waals surface area contributed by atoms with Crippen LogP contribution in [-0.4, -0.2) is 37.4 Å². The second-order valence-electron chi connectivity index (χ2n) is 4.70. The van der Waals surface area contributed by atoms with Crippen LogP contribution >= 0.6 is 11.3 Å². The van der Waals surface area contributed by atoms with Gasteiger partial charge in [0.15, 0.2) is 4.96 Å². The fraction of sp³-hybridized carbons (Fsp3) is 0.500. The van der Waals surface area contributed by atoms with Gasteiger partial charge in [-0.3, -0.25) is 14.1 Å². The second kappa shape index (κ2) is 4.70. The molecule has 0 spiro atoms. The molecule has 2 heterocycles. The van der Waals surface area contributed by atoms with E-state index in [0.717, 1.165) is 10.7 Å². The van der Waals surface area contributed by atoms with Crippen molar-refractivity contribution < 1.29 is 9.90 Å². The number of likely N-dealkylation sites (N-methyl/N-ethyl adjacent to an activating group) is 1. The fourth-order valence-electron chi connectivity index (χ4n) is 1.89. The van der Waals surface area contributed by atoms with Crippen molar-refractivity contribution in [2.75, 3.05) is 6.54 Å². The van der Waals surface area contributed by atoms with E-state index >= 15 is 0 Å². The zero-order valence-electron chi connectivity index (χ0n) is 10.8. The Balaban J connectivity index is 2.20. The summed E-state index contributed by atoms with van der Waals surface area (Å²) < 4.78 is 1.96. The number of rotatable bonds is 5. The number of aromatic nitrogens is 2. The van der Waals surface area contributed by atoms with Crippen LogP contribution in [0.1, 0.15) is 26.5 Å². The van der Waals surface area contributed by atoms with Crippen LogP contribution in [0.2, 0.25) is 0 Å². The van der Waals surface area contributed by atoms with E-state index in [-0.39, 0.29) is 0 Å². The Kier molecular flexibility index (Phi) is 3.41. The third-order valence-electron chi connectivity index (χ3n) is 3.19. The van der Waals surface area contributed by atoms with Gasteiger partial charge in [-0.15, -0.1) is 11.3 Å². The summed E-state index contributed by atoms with van der Waals surface area (Å²) in [6.45, 7) is 6.62. The zero-order valence-corrected chi connectivity index (χ0v) is 11.6. The van der Waals surface area contributed by atoms with Crippen LogP contribution in [0.5, 0.6) is 0 Å². The van der Waals surface area contributed by atoms with Crippen molar-refractivity contribution in [3.8, 4) is 0 Å². The van der Waals surface area contributed by atoms with Gasteiger partial charge in [-0.25, -0.2) is 4.98 Å². The number of aliphatic carboxylic acids is 1. The van der Waals surface area contributed by atoms with Gasteiger partial charge in [0.2, 0.25) is 0 Å². The normalized spacial score (nSPS) is 12.4. The minimum Gasteiger partial charge on any atom is -0.480 e. The summed E-state index contributed by atoms with van der Waals surface area (Å²) >= 11 is 1.57. The van der Waals surface area contributed by atoms with Crippen molar-refractivity contribution in [2.45, 2.75) is 32.9 Å². The van der Waals surface area contributed by atoms with Crippen LogP contribution in [-0.2, 0) is 11.3 Å². The molecule has 0 saturated heterocycles. The minimum absolute atomic E-state index is 0.546. The molecule has 0 saturated carbocycles. The molecule has 2 aromatic heterocycles. The molecule has 98 valence electrons. The van der Waals surface area contributed by atoms with Crippen LogP contribution in [0.15, 0.2) is 17.8 Å². The monoisotopic (exact) mass is 267 g/mol. The Hall–Kier alpha value is -1.40. The largest absolute Gasteiger partial charge is 0.480 e. The van der Waals surface area contributed by atoms with Gasteiger partial charge < -0.3 is 5.11 Å². The first-order valence-electron chi connectivity index (χ1n) is 5.84. The summed E-state index contributed by atoms with van der Waals surface area (Å²) in [5.41, 5.74) is 0.0178. The maximum atomic E-state index is 11.3. The smallest absolute Gasteiger partial charge is 0.323 e. The topological polar surface area (TPSA) is 57.8 Å². The van der Waals surface area contributed by atoms with E-state index in [1.54, 1.807) is 25.2 Å². The Bertz CT molecular complexity index is 530. The average molecular weight is 267 g/mol. The molecular weight excluding hydrogens is 250 g/mol. The Morgan fingerprint density at radius 1 is 1.61 bits per heavy atom. The van der Waals surface area contributed by atoms with Gasteiger partial charge in [-0.05, 0) is 20.4 Å². The lowest BCUT2D eigenvalue weighted by atomic mass is 10.0. The highest BCUT2D eigenvalue weighted by molar-refractivity contribution is 7.15. The standard InChI is InChI=1S/C12H17N3O2S/c1-4-15(12(2,3)10(16)17)8-9-7-14-5-6-18-11(14)13-9/h5-7H,4,8H2,1-3H3,(H,16,17). The number of hydrogen-bond donors (Lipinski definition) is 1. The lowest BCUT2D eigenvalue weighted by Crippen LogP contribution is -2.49. The molecule has 5 nitrogen and oxygen atoms in total. The molecule has 0 aliphatic carbocycles. The number of carboxylic acids is 1. The molecule has 2 aromatic rings. The van der Waals surface area contributed by atoms with Crippen molar-refractivity contribution in [2.24, 2.45) is 0 Å². The highest BCUT2D eigenvalue weighted by atomic mass is 32.1. The molecule has 2 rings (SSSR count). The fourth-order valence-corrected chi connectivity index (χ4v) is 2.61.